The van der Waals surface area contributed by atoms with Gasteiger partial charge < -0.3 is 0 Å². The second kappa shape index (κ2) is 3.08. The van der Waals surface area contributed by atoms with Gasteiger partial charge in [0.15, 0.2) is 0 Å². The Morgan fingerprint density at radius 3 is 2.78 bits per heavy atom. The van der Waals surface area contributed by atoms with Crippen molar-refractivity contribution < 1.29 is 0 Å². The van der Waals surface area contributed by atoms with E-state index in [4.69, 9.17) is 11.2 Å². The van der Waals surface area contributed by atoms with Crippen LogP contribution >= 0.6 is 0 Å². The summed E-state index contributed by atoms with van der Waals surface area (Å²) in [6.45, 7) is 2.26. The highest BCUT2D eigenvalue weighted by Crippen LogP contribution is 2.14. The summed E-state index contributed by atoms with van der Waals surface area (Å²) in [5.41, 5.74) is 0. The molecule has 1 aliphatic heterocycles. The van der Waals surface area contributed by atoms with Crippen LogP contribution < -0.4 is 0 Å². The van der Waals surface area contributed by atoms with Gasteiger partial charge in [0, 0.05) is 11.8 Å². The first-order chi connectivity index (χ1) is 4.22. The van der Waals surface area contributed by atoms with Crippen molar-refractivity contribution in [1.82, 2.24) is 4.31 Å². The molecule has 0 aromatic carbocycles. The Bertz CT molecular complexity index is 124. The molecule has 1 aliphatic rings. The van der Waals surface area contributed by atoms with Crippen LogP contribution in [0.4, 0.5) is 0 Å². The minimum absolute atomic E-state index is 0.152. The third kappa shape index (κ3) is 1.72. The third-order valence-corrected chi connectivity index (χ3v) is 4.73. The molecule has 0 amide bonds. The van der Waals surface area contributed by atoms with E-state index in [0.29, 0.717) is 0 Å². The van der Waals surface area contributed by atoms with Gasteiger partial charge in [0.25, 0.3) is 0 Å². The molecule has 2 atom stereocenters. The fourth-order valence-electron chi connectivity index (χ4n) is 1.03. The first kappa shape index (κ1) is 7.63. The molecule has 0 bridgehead atoms. The second-order valence-electron chi connectivity index (χ2n) is 2.56. The maximum Gasteiger partial charge on any atom is 0.0174 e. The molecular formula is C6H13NS2. The molecule has 1 heterocycles. The van der Waals surface area contributed by atoms with E-state index in [1.807, 2.05) is 0 Å². The maximum absolute atomic E-state index is 5.24. The van der Waals surface area contributed by atoms with Crippen LogP contribution in [0.15, 0.2) is 0 Å². The molecule has 1 fully saturated rings. The monoisotopic (exact) mass is 163 g/mol. The molecule has 1 rings (SSSR count). The van der Waals surface area contributed by atoms with Gasteiger partial charge in [-0.15, -0.1) is 0 Å². The van der Waals surface area contributed by atoms with Crippen molar-refractivity contribution in [3.63, 3.8) is 0 Å². The van der Waals surface area contributed by atoms with Crippen LogP contribution in [0.1, 0.15) is 19.8 Å². The molecule has 1 nitrogen and oxygen atoms in total. The molecule has 2 unspecified atom stereocenters. The summed E-state index contributed by atoms with van der Waals surface area (Å²) >= 11 is 5.24. The van der Waals surface area contributed by atoms with Crippen LogP contribution in [-0.4, -0.2) is 23.1 Å². The molecule has 0 N–H and O–H groups in total. The first-order valence-corrected chi connectivity index (χ1v) is 5.60. The molecule has 0 radical (unpaired) electrons. The average molecular weight is 163 g/mol. The first-order valence-electron chi connectivity index (χ1n) is 3.33. The molecule has 54 valence electrons. The van der Waals surface area contributed by atoms with Crippen molar-refractivity contribution in [2.75, 3.05) is 12.8 Å². The number of hydrogen-bond acceptors (Lipinski definition) is 1. The maximum atomic E-state index is 5.24. The van der Waals surface area contributed by atoms with Crippen molar-refractivity contribution in [3.8, 4) is 0 Å². The highest BCUT2D eigenvalue weighted by atomic mass is 32.8. The SMILES string of the molecule is CC1CCCS(=S)N1C. The van der Waals surface area contributed by atoms with Crippen LogP contribution in [0.2, 0.25) is 0 Å². The predicted molar refractivity (Wildman–Crippen MR) is 46.1 cm³/mol. The van der Waals surface area contributed by atoms with E-state index >= 15 is 0 Å². The number of hydrogen-bond donors (Lipinski definition) is 0. The summed E-state index contributed by atoms with van der Waals surface area (Å²) in [5.74, 6) is 1.23. The van der Waals surface area contributed by atoms with Crippen LogP contribution in [-0.2, 0) is 20.8 Å². The van der Waals surface area contributed by atoms with E-state index in [0.717, 1.165) is 6.04 Å². The van der Waals surface area contributed by atoms with Gasteiger partial charge >= 0.3 is 0 Å². The molecule has 0 spiro atoms. The van der Waals surface area contributed by atoms with Gasteiger partial charge in [-0.2, -0.15) is 0 Å². The summed E-state index contributed by atoms with van der Waals surface area (Å²) in [5, 5.41) is 0. The quantitative estimate of drug-likeness (QED) is 0.526. The summed E-state index contributed by atoms with van der Waals surface area (Å²) in [6, 6.07) is 0.722. The predicted octanol–water partition coefficient (Wildman–Crippen LogP) is 1.10. The van der Waals surface area contributed by atoms with Crippen LogP contribution in [0.3, 0.4) is 0 Å². The van der Waals surface area contributed by atoms with Gasteiger partial charge in [0.2, 0.25) is 0 Å². The van der Waals surface area contributed by atoms with Crippen LogP contribution in [0.25, 0.3) is 0 Å². The molecule has 0 saturated carbocycles. The van der Waals surface area contributed by atoms with Crippen LogP contribution in [0.5, 0.6) is 0 Å². The van der Waals surface area contributed by atoms with Crippen molar-refractivity contribution in [3.05, 3.63) is 0 Å². The summed E-state index contributed by atoms with van der Waals surface area (Å²) in [4.78, 5) is 0. The Balaban J connectivity index is 2.51. The van der Waals surface area contributed by atoms with Gasteiger partial charge in [-0.1, -0.05) is 9.64 Å². The lowest BCUT2D eigenvalue weighted by Gasteiger charge is -2.30. The largest absolute Gasteiger partial charge is 0.248 e. The van der Waals surface area contributed by atoms with Crippen molar-refractivity contribution in [2.24, 2.45) is 0 Å². The fourth-order valence-corrected chi connectivity index (χ4v) is 3.03. The minimum atomic E-state index is 0.152. The van der Waals surface area contributed by atoms with Crippen molar-refractivity contribution >= 4 is 20.8 Å². The average Bonchev–Trinajstić information content (AvgIpc) is 1.83. The third-order valence-electron chi connectivity index (χ3n) is 1.88. The lowest BCUT2D eigenvalue weighted by atomic mass is 10.2. The molecule has 3 heteroatoms. The molecule has 0 aliphatic carbocycles. The Kier molecular flexibility index (Phi) is 2.61. The zero-order valence-corrected chi connectivity index (χ0v) is 7.60. The van der Waals surface area contributed by atoms with Gasteiger partial charge in [-0.05, 0) is 38.0 Å². The summed E-state index contributed by atoms with van der Waals surface area (Å²) in [6.07, 6.45) is 2.66. The highest BCUT2D eigenvalue weighted by molar-refractivity contribution is 8.27. The minimum Gasteiger partial charge on any atom is -0.248 e. The standard InChI is InChI=1S/C6H13NS2/c1-6-4-3-5-9(8)7(6)2/h6H,3-5H2,1-2H3. The number of nitrogens with zero attached hydrogens (tertiary/aromatic N) is 1. The molecule has 0 aromatic rings. The fraction of sp³-hybridized carbons (Fsp3) is 1.00. The van der Waals surface area contributed by atoms with Gasteiger partial charge in [-0.25, -0.2) is 4.31 Å². The Hall–Kier alpha value is 0.530. The second-order valence-corrected chi connectivity index (χ2v) is 5.34. The molecule has 9 heavy (non-hydrogen) atoms. The normalized spacial score (nSPS) is 38.9. The Labute approximate surface area is 64.2 Å². The lowest BCUT2D eigenvalue weighted by Crippen LogP contribution is -2.35. The summed E-state index contributed by atoms with van der Waals surface area (Å²) < 4.78 is 2.32. The Morgan fingerprint density at radius 2 is 2.33 bits per heavy atom. The lowest BCUT2D eigenvalue weighted by molar-refractivity contribution is 0.389. The van der Waals surface area contributed by atoms with E-state index in [9.17, 15) is 0 Å². The Morgan fingerprint density at radius 1 is 1.67 bits per heavy atom. The smallest absolute Gasteiger partial charge is 0.0174 e. The van der Waals surface area contributed by atoms with E-state index in [2.05, 4.69) is 18.3 Å². The van der Waals surface area contributed by atoms with Crippen molar-refractivity contribution in [2.45, 2.75) is 25.8 Å². The molecule has 1 saturated heterocycles. The van der Waals surface area contributed by atoms with Gasteiger partial charge in [0.1, 0.15) is 0 Å². The number of rotatable bonds is 0. The van der Waals surface area contributed by atoms with Crippen molar-refractivity contribution in [1.29, 1.82) is 0 Å². The van der Waals surface area contributed by atoms with Gasteiger partial charge in [-0.3, -0.25) is 0 Å². The topological polar surface area (TPSA) is 3.24 Å². The summed E-state index contributed by atoms with van der Waals surface area (Å²) in [7, 11) is 2.29. The molecule has 0 aromatic heterocycles. The highest BCUT2D eigenvalue weighted by Gasteiger charge is 2.16. The zero-order chi connectivity index (χ0) is 6.85. The van der Waals surface area contributed by atoms with Gasteiger partial charge in [0.05, 0.1) is 0 Å². The van der Waals surface area contributed by atoms with E-state index in [1.54, 1.807) is 0 Å². The van der Waals surface area contributed by atoms with E-state index in [-0.39, 0.29) is 9.64 Å². The van der Waals surface area contributed by atoms with Crippen LogP contribution in [0, 0.1) is 0 Å². The molecular weight excluding hydrogens is 150 g/mol. The van der Waals surface area contributed by atoms with E-state index < -0.39 is 0 Å². The van der Waals surface area contributed by atoms with E-state index in [1.165, 1.54) is 18.6 Å². The zero-order valence-electron chi connectivity index (χ0n) is 5.96.